The van der Waals surface area contributed by atoms with Crippen LogP contribution in [-0.2, 0) is 0 Å². The highest BCUT2D eigenvalue weighted by Gasteiger charge is 2.08. The number of hydrogen-bond donors (Lipinski definition) is 1. The van der Waals surface area contributed by atoms with Crippen molar-refractivity contribution in [2.24, 2.45) is 0 Å². The van der Waals surface area contributed by atoms with E-state index in [1.807, 2.05) is 6.07 Å². The van der Waals surface area contributed by atoms with Crippen molar-refractivity contribution in [3.05, 3.63) is 40.6 Å². The van der Waals surface area contributed by atoms with Gasteiger partial charge in [-0.05, 0) is 18.2 Å². The van der Waals surface area contributed by atoms with Crippen molar-refractivity contribution in [3.63, 3.8) is 0 Å². The van der Waals surface area contributed by atoms with Gasteiger partial charge in [0.2, 0.25) is 0 Å². The molecule has 3 nitrogen and oxygen atoms in total. The van der Waals surface area contributed by atoms with Crippen molar-refractivity contribution in [1.82, 2.24) is 10.2 Å². The Morgan fingerprint density at radius 2 is 1.81 bits per heavy atom. The van der Waals surface area contributed by atoms with E-state index in [0.29, 0.717) is 9.79 Å². The van der Waals surface area contributed by atoms with Crippen LogP contribution in [-0.4, -0.2) is 15.3 Å². The van der Waals surface area contributed by atoms with Crippen molar-refractivity contribution in [2.45, 2.75) is 9.79 Å². The molecule has 16 heavy (non-hydrogen) atoms. The number of phenolic OH excluding ortho intramolecular Hbond substituents is 1. The normalized spacial score (nSPS) is 10.4. The first-order valence-corrected chi connectivity index (χ1v) is 5.88. The monoisotopic (exact) mass is 272 g/mol. The van der Waals surface area contributed by atoms with Crippen LogP contribution < -0.4 is 0 Å². The fourth-order valence-corrected chi connectivity index (χ4v) is 2.34. The van der Waals surface area contributed by atoms with Crippen LogP contribution in [0.25, 0.3) is 0 Å². The fraction of sp³-hybridized carbons (Fsp3) is 0. The minimum Gasteiger partial charge on any atom is -0.507 e. The van der Waals surface area contributed by atoms with Crippen LogP contribution in [0.2, 0.25) is 10.3 Å². The molecule has 2 aromatic rings. The number of para-hydroxylation sites is 1. The molecule has 1 aromatic heterocycles. The smallest absolute Gasteiger partial charge is 0.165 e. The highest BCUT2D eigenvalue weighted by atomic mass is 35.5. The number of rotatable bonds is 2. The molecule has 1 aromatic carbocycles. The topological polar surface area (TPSA) is 46.0 Å². The minimum absolute atomic E-state index is 0.191. The van der Waals surface area contributed by atoms with Crippen LogP contribution in [0.3, 0.4) is 0 Å². The summed E-state index contributed by atoms with van der Waals surface area (Å²) >= 11 is 12.9. The lowest BCUT2D eigenvalue weighted by atomic mass is 10.3. The Labute approximate surface area is 106 Å². The molecule has 0 saturated carbocycles. The van der Waals surface area contributed by atoms with Crippen LogP contribution in [0.4, 0.5) is 0 Å². The summed E-state index contributed by atoms with van der Waals surface area (Å²) in [5.74, 6) is 0.191. The quantitative estimate of drug-likeness (QED) is 0.907. The van der Waals surface area contributed by atoms with Gasteiger partial charge in [0.25, 0.3) is 0 Å². The summed E-state index contributed by atoms with van der Waals surface area (Å²) in [7, 11) is 0. The van der Waals surface area contributed by atoms with E-state index >= 15 is 0 Å². The lowest BCUT2D eigenvalue weighted by Gasteiger charge is -2.04. The van der Waals surface area contributed by atoms with Crippen LogP contribution in [0.1, 0.15) is 0 Å². The molecular formula is C10H6Cl2N2OS. The Balaban J connectivity index is 2.34. The number of hydrogen-bond acceptors (Lipinski definition) is 4. The third-order valence-electron chi connectivity index (χ3n) is 1.77. The van der Waals surface area contributed by atoms with Crippen molar-refractivity contribution in [3.8, 4) is 5.75 Å². The van der Waals surface area contributed by atoms with E-state index in [1.165, 1.54) is 11.8 Å². The first kappa shape index (κ1) is 11.5. The largest absolute Gasteiger partial charge is 0.507 e. The van der Waals surface area contributed by atoms with Gasteiger partial charge in [0.1, 0.15) is 5.75 Å². The van der Waals surface area contributed by atoms with Crippen LogP contribution in [0.5, 0.6) is 5.75 Å². The van der Waals surface area contributed by atoms with E-state index in [-0.39, 0.29) is 16.1 Å². The second-order valence-electron chi connectivity index (χ2n) is 2.89. The fourth-order valence-electron chi connectivity index (χ4n) is 1.07. The maximum absolute atomic E-state index is 9.60. The third kappa shape index (κ3) is 2.58. The molecule has 1 heterocycles. The summed E-state index contributed by atoms with van der Waals surface area (Å²) < 4.78 is 0. The Morgan fingerprint density at radius 1 is 1.06 bits per heavy atom. The first-order valence-electron chi connectivity index (χ1n) is 4.31. The Kier molecular flexibility index (Phi) is 3.53. The maximum atomic E-state index is 9.60. The van der Waals surface area contributed by atoms with Gasteiger partial charge >= 0.3 is 0 Å². The molecule has 0 atom stereocenters. The summed E-state index contributed by atoms with van der Waals surface area (Å²) in [6.45, 7) is 0. The van der Waals surface area contributed by atoms with Crippen molar-refractivity contribution in [1.29, 1.82) is 0 Å². The average molecular weight is 273 g/mol. The molecule has 2 rings (SSSR count). The highest BCUT2D eigenvalue weighted by molar-refractivity contribution is 7.99. The molecule has 6 heteroatoms. The molecule has 0 aliphatic rings. The SMILES string of the molecule is Oc1ccccc1Sc1cc(Cl)nnc1Cl. The average Bonchev–Trinajstić information content (AvgIpc) is 2.27. The lowest BCUT2D eigenvalue weighted by molar-refractivity contribution is 0.462. The van der Waals surface area contributed by atoms with E-state index in [4.69, 9.17) is 23.2 Å². The highest BCUT2D eigenvalue weighted by Crippen LogP contribution is 2.37. The molecule has 0 amide bonds. The molecule has 0 saturated heterocycles. The first-order chi connectivity index (χ1) is 7.66. The van der Waals surface area contributed by atoms with Gasteiger partial charge in [-0.2, -0.15) is 0 Å². The van der Waals surface area contributed by atoms with E-state index in [9.17, 15) is 5.11 Å². The van der Waals surface area contributed by atoms with Crippen molar-refractivity contribution >= 4 is 35.0 Å². The number of nitrogens with zero attached hydrogens (tertiary/aromatic N) is 2. The summed E-state index contributed by atoms with van der Waals surface area (Å²) in [6, 6.07) is 8.57. The van der Waals surface area contributed by atoms with Crippen molar-refractivity contribution in [2.75, 3.05) is 0 Å². The minimum atomic E-state index is 0.191. The predicted octanol–water partition coefficient (Wildman–Crippen LogP) is 3.64. The molecule has 0 unspecified atom stereocenters. The zero-order chi connectivity index (χ0) is 11.5. The van der Waals surface area contributed by atoms with E-state index in [2.05, 4.69) is 10.2 Å². The number of aromatic nitrogens is 2. The maximum Gasteiger partial charge on any atom is 0.165 e. The molecule has 0 bridgehead atoms. The van der Waals surface area contributed by atoms with Gasteiger partial charge < -0.3 is 5.11 Å². The summed E-state index contributed by atoms with van der Waals surface area (Å²) in [6.07, 6.45) is 0. The Bertz CT molecular complexity index is 522. The predicted molar refractivity (Wildman–Crippen MR) is 64.3 cm³/mol. The van der Waals surface area contributed by atoms with Crippen LogP contribution >= 0.6 is 35.0 Å². The van der Waals surface area contributed by atoms with E-state index < -0.39 is 0 Å². The summed E-state index contributed by atoms with van der Waals surface area (Å²) in [5, 5.41) is 17.4. The number of aromatic hydroxyl groups is 1. The standard InChI is InChI=1S/C10H6Cl2N2OS/c11-9-5-8(10(12)14-13-9)16-7-4-2-1-3-6(7)15/h1-5,15H. The van der Waals surface area contributed by atoms with E-state index in [1.54, 1.807) is 24.3 Å². The number of phenols is 1. The lowest BCUT2D eigenvalue weighted by Crippen LogP contribution is -1.86. The van der Waals surface area contributed by atoms with Gasteiger partial charge in [-0.1, -0.05) is 47.1 Å². The zero-order valence-electron chi connectivity index (χ0n) is 7.89. The van der Waals surface area contributed by atoms with Gasteiger partial charge in [-0.25, -0.2) is 0 Å². The molecule has 0 aliphatic heterocycles. The molecule has 0 spiro atoms. The van der Waals surface area contributed by atoms with Gasteiger partial charge in [0, 0.05) is 0 Å². The Hall–Kier alpha value is -0.970. The zero-order valence-corrected chi connectivity index (χ0v) is 10.2. The van der Waals surface area contributed by atoms with Gasteiger partial charge in [0.15, 0.2) is 10.3 Å². The number of benzene rings is 1. The molecule has 0 fully saturated rings. The van der Waals surface area contributed by atoms with Gasteiger partial charge in [-0.15, -0.1) is 10.2 Å². The molecule has 1 N–H and O–H groups in total. The summed E-state index contributed by atoms with van der Waals surface area (Å²) in [5.41, 5.74) is 0. The number of halogens is 2. The molecule has 0 radical (unpaired) electrons. The third-order valence-corrected chi connectivity index (χ3v) is 3.44. The van der Waals surface area contributed by atoms with Crippen LogP contribution in [0.15, 0.2) is 40.1 Å². The second kappa shape index (κ2) is 4.91. The van der Waals surface area contributed by atoms with Gasteiger partial charge in [0.05, 0.1) is 9.79 Å². The molecular weight excluding hydrogens is 267 g/mol. The Morgan fingerprint density at radius 3 is 2.56 bits per heavy atom. The molecule has 82 valence electrons. The molecule has 0 aliphatic carbocycles. The van der Waals surface area contributed by atoms with E-state index in [0.717, 1.165) is 0 Å². The second-order valence-corrected chi connectivity index (χ2v) is 4.72. The van der Waals surface area contributed by atoms with Gasteiger partial charge in [-0.3, -0.25) is 0 Å². The van der Waals surface area contributed by atoms with Crippen molar-refractivity contribution < 1.29 is 5.11 Å². The summed E-state index contributed by atoms with van der Waals surface area (Å²) in [4.78, 5) is 1.34. The van der Waals surface area contributed by atoms with Crippen LogP contribution in [0, 0.1) is 0 Å².